The summed E-state index contributed by atoms with van der Waals surface area (Å²) in [6.07, 6.45) is 5.41. The van der Waals surface area contributed by atoms with Crippen molar-refractivity contribution in [2.24, 2.45) is 5.41 Å². The minimum atomic E-state index is -0.858. The van der Waals surface area contributed by atoms with Gasteiger partial charge in [-0.15, -0.1) is 11.8 Å². The van der Waals surface area contributed by atoms with Crippen LogP contribution in [0.25, 0.3) is 0 Å². The fourth-order valence-electron chi connectivity index (χ4n) is 2.82. The molecule has 0 heterocycles. The predicted molar refractivity (Wildman–Crippen MR) is 80.2 cm³/mol. The van der Waals surface area contributed by atoms with Crippen molar-refractivity contribution in [2.75, 3.05) is 11.6 Å². The monoisotopic (exact) mass is 279 g/mol. The lowest BCUT2D eigenvalue weighted by molar-refractivity contribution is 0.0694. The molecule has 0 aromatic heterocycles. The molecule has 0 bridgehead atoms. The van der Waals surface area contributed by atoms with Crippen LogP contribution in [-0.2, 0) is 0 Å². The van der Waals surface area contributed by atoms with E-state index in [1.165, 1.54) is 24.6 Å². The second-order valence-corrected chi connectivity index (χ2v) is 6.61. The van der Waals surface area contributed by atoms with Crippen LogP contribution in [0, 0.1) is 5.41 Å². The Bertz CT molecular complexity index is 485. The number of nitrogens with one attached hydrogen (secondary N) is 1. The van der Waals surface area contributed by atoms with Crippen LogP contribution in [-0.4, -0.2) is 23.4 Å². The highest BCUT2D eigenvalue weighted by Crippen LogP contribution is 2.40. The van der Waals surface area contributed by atoms with Crippen LogP contribution in [0.1, 0.15) is 43.5 Å². The third-order valence-corrected chi connectivity index (χ3v) is 4.83. The Kier molecular flexibility index (Phi) is 4.09. The van der Waals surface area contributed by atoms with Crippen LogP contribution >= 0.6 is 11.8 Å². The van der Waals surface area contributed by atoms with Gasteiger partial charge in [-0.2, -0.15) is 0 Å². The van der Waals surface area contributed by atoms with E-state index < -0.39 is 5.97 Å². The topological polar surface area (TPSA) is 49.3 Å². The lowest BCUT2D eigenvalue weighted by Gasteiger charge is -2.29. The van der Waals surface area contributed by atoms with Gasteiger partial charge in [0.15, 0.2) is 0 Å². The molecule has 19 heavy (non-hydrogen) atoms. The zero-order valence-electron chi connectivity index (χ0n) is 11.7. The van der Waals surface area contributed by atoms with E-state index in [9.17, 15) is 9.90 Å². The number of hydrogen-bond donors (Lipinski definition) is 2. The lowest BCUT2D eigenvalue weighted by atomic mass is 9.87. The van der Waals surface area contributed by atoms with E-state index in [0.717, 1.165) is 17.0 Å². The molecular weight excluding hydrogens is 258 g/mol. The molecule has 1 unspecified atom stereocenters. The highest BCUT2D eigenvalue weighted by molar-refractivity contribution is 7.98. The van der Waals surface area contributed by atoms with Crippen molar-refractivity contribution >= 4 is 23.4 Å². The number of rotatable bonds is 4. The van der Waals surface area contributed by atoms with Crippen LogP contribution in [0.5, 0.6) is 0 Å². The summed E-state index contributed by atoms with van der Waals surface area (Å²) in [5.74, 6) is -0.858. The molecule has 104 valence electrons. The Labute approximate surface area is 118 Å². The van der Waals surface area contributed by atoms with Gasteiger partial charge in [0.25, 0.3) is 0 Å². The molecule has 0 aliphatic heterocycles. The van der Waals surface area contributed by atoms with Crippen LogP contribution in [0.4, 0.5) is 5.69 Å². The summed E-state index contributed by atoms with van der Waals surface area (Å²) in [4.78, 5) is 12.3. The molecule has 0 spiro atoms. The van der Waals surface area contributed by atoms with Gasteiger partial charge in [-0.25, -0.2) is 4.79 Å². The van der Waals surface area contributed by atoms with E-state index in [2.05, 4.69) is 19.2 Å². The number of aromatic carboxylic acids is 1. The number of carboxylic acids is 1. The zero-order chi connectivity index (χ0) is 14.0. The molecule has 2 rings (SSSR count). The summed E-state index contributed by atoms with van der Waals surface area (Å²) in [7, 11) is 0. The van der Waals surface area contributed by atoms with Gasteiger partial charge in [-0.05, 0) is 36.6 Å². The average Bonchev–Trinajstić information content (AvgIpc) is 2.68. The van der Waals surface area contributed by atoms with Crippen molar-refractivity contribution in [3.63, 3.8) is 0 Å². The van der Waals surface area contributed by atoms with Crippen LogP contribution in [0.3, 0.4) is 0 Å². The number of carbonyl (C=O) groups is 1. The van der Waals surface area contributed by atoms with Crippen LogP contribution < -0.4 is 5.32 Å². The number of benzene rings is 1. The first-order chi connectivity index (χ1) is 8.95. The normalized spacial score (nSPS) is 21.3. The molecule has 2 N–H and O–H groups in total. The standard InChI is InChI=1S/C15H21NO2S/c1-15(2)9-5-8-12(15)16-10-6-4-7-11(19-3)13(10)14(17)18/h4,6-7,12,16H,5,8-9H2,1-3H3,(H,17,18). The van der Waals surface area contributed by atoms with Crippen molar-refractivity contribution in [3.8, 4) is 0 Å². The summed E-state index contributed by atoms with van der Waals surface area (Å²) >= 11 is 1.47. The zero-order valence-corrected chi connectivity index (χ0v) is 12.5. The lowest BCUT2D eigenvalue weighted by Crippen LogP contribution is -2.31. The van der Waals surface area contributed by atoms with Crippen molar-refractivity contribution in [2.45, 2.75) is 44.0 Å². The molecule has 3 nitrogen and oxygen atoms in total. The molecule has 4 heteroatoms. The minimum absolute atomic E-state index is 0.227. The van der Waals surface area contributed by atoms with Crippen molar-refractivity contribution in [3.05, 3.63) is 23.8 Å². The van der Waals surface area contributed by atoms with Gasteiger partial charge in [-0.1, -0.05) is 26.3 Å². The fraction of sp³-hybridized carbons (Fsp3) is 0.533. The molecule has 0 saturated heterocycles. The number of carboxylic acid groups (broad SMARTS) is 1. The maximum atomic E-state index is 11.5. The van der Waals surface area contributed by atoms with Gasteiger partial charge < -0.3 is 10.4 Å². The molecule has 1 aromatic rings. The van der Waals surface area contributed by atoms with Gasteiger partial charge in [-0.3, -0.25) is 0 Å². The molecular formula is C15H21NO2S. The second-order valence-electron chi connectivity index (χ2n) is 5.77. The van der Waals surface area contributed by atoms with Gasteiger partial charge in [0, 0.05) is 10.9 Å². The first kappa shape index (κ1) is 14.3. The molecule has 1 saturated carbocycles. The molecule has 0 amide bonds. The number of hydrogen-bond acceptors (Lipinski definition) is 3. The average molecular weight is 279 g/mol. The van der Waals surface area contributed by atoms with Crippen molar-refractivity contribution < 1.29 is 9.90 Å². The first-order valence-corrected chi connectivity index (χ1v) is 7.85. The summed E-state index contributed by atoms with van der Waals surface area (Å²) in [5.41, 5.74) is 1.38. The summed E-state index contributed by atoms with van der Waals surface area (Å²) < 4.78 is 0. The maximum Gasteiger partial charge on any atom is 0.338 e. The number of thioether (sulfide) groups is 1. The van der Waals surface area contributed by atoms with Crippen molar-refractivity contribution in [1.82, 2.24) is 0 Å². The molecule has 1 aliphatic carbocycles. The smallest absolute Gasteiger partial charge is 0.338 e. The van der Waals surface area contributed by atoms with E-state index in [1.54, 1.807) is 0 Å². The third-order valence-electron chi connectivity index (χ3n) is 4.05. The van der Waals surface area contributed by atoms with E-state index in [0.29, 0.717) is 11.6 Å². The molecule has 1 atom stereocenters. The Balaban J connectivity index is 2.32. The van der Waals surface area contributed by atoms with E-state index in [-0.39, 0.29) is 5.41 Å². The Morgan fingerprint density at radius 3 is 2.74 bits per heavy atom. The summed E-state index contributed by atoms with van der Waals surface area (Å²) in [5, 5.41) is 12.9. The van der Waals surface area contributed by atoms with Gasteiger partial charge in [0.05, 0.1) is 11.3 Å². The van der Waals surface area contributed by atoms with E-state index in [4.69, 9.17) is 0 Å². The maximum absolute atomic E-state index is 11.5. The fourth-order valence-corrected chi connectivity index (χ4v) is 3.44. The molecule has 1 aromatic carbocycles. The third kappa shape index (κ3) is 2.89. The highest BCUT2D eigenvalue weighted by atomic mass is 32.2. The van der Waals surface area contributed by atoms with Gasteiger partial charge in [0.1, 0.15) is 0 Å². The minimum Gasteiger partial charge on any atom is -0.478 e. The molecule has 1 aliphatic rings. The molecule has 1 fully saturated rings. The largest absolute Gasteiger partial charge is 0.478 e. The predicted octanol–water partition coefficient (Wildman–Crippen LogP) is 4.10. The summed E-state index contributed by atoms with van der Waals surface area (Å²) in [6, 6.07) is 6.00. The first-order valence-electron chi connectivity index (χ1n) is 6.62. The van der Waals surface area contributed by atoms with Gasteiger partial charge in [0.2, 0.25) is 0 Å². The van der Waals surface area contributed by atoms with E-state index >= 15 is 0 Å². The Hall–Kier alpha value is -1.16. The second kappa shape index (κ2) is 5.45. The SMILES string of the molecule is CSc1cccc(NC2CCCC2(C)C)c1C(=O)O. The van der Waals surface area contributed by atoms with E-state index in [1.807, 2.05) is 24.5 Å². The van der Waals surface area contributed by atoms with Crippen LogP contribution in [0.15, 0.2) is 23.1 Å². The van der Waals surface area contributed by atoms with Crippen molar-refractivity contribution in [1.29, 1.82) is 0 Å². The highest BCUT2D eigenvalue weighted by Gasteiger charge is 2.35. The quantitative estimate of drug-likeness (QED) is 0.815. The Morgan fingerprint density at radius 2 is 2.21 bits per heavy atom. The van der Waals surface area contributed by atoms with Crippen LogP contribution in [0.2, 0.25) is 0 Å². The molecule has 0 radical (unpaired) electrons. The van der Waals surface area contributed by atoms with Gasteiger partial charge >= 0.3 is 5.97 Å². The number of anilines is 1. The summed E-state index contributed by atoms with van der Waals surface area (Å²) in [6.45, 7) is 4.49. The Morgan fingerprint density at radius 1 is 1.47 bits per heavy atom.